The van der Waals surface area contributed by atoms with Gasteiger partial charge in [-0.2, -0.15) is 10.2 Å². The average molecular weight is 371 g/mol. The summed E-state index contributed by atoms with van der Waals surface area (Å²) in [4.78, 5) is 0. The van der Waals surface area contributed by atoms with Crippen molar-refractivity contribution < 1.29 is 4.74 Å². The van der Waals surface area contributed by atoms with Gasteiger partial charge >= 0.3 is 0 Å². The van der Waals surface area contributed by atoms with E-state index in [-0.39, 0.29) is 0 Å². The summed E-state index contributed by atoms with van der Waals surface area (Å²) in [6.07, 6.45) is 0.776. The molecule has 0 aliphatic heterocycles. The number of aromatic nitrogens is 3. The Labute approximate surface area is 165 Å². The zero-order valence-electron chi connectivity index (χ0n) is 16.9. The summed E-state index contributed by atoms with van der Waals surface area (Å²) in [5, 5.41) is 11.4. The standard InChI is InChI=1S/C24H25N3O/c1-5-28-21-13-11-20(12-14-21)27-17(3)23-16(2)25-26-22(24(23)18(27)4)15-19-9-7-6-8-10-19/h6-14H,5,15H2,1-4H3. The summed E-state index contributed by atoms with van der Waals surface area (Å²) in [6, 6.07) is 18.7. The molecule has 0 fully saturated rings. The number of nitrogens with zero attached hydrogens (tertiary/aromatic N) is 3. The molecule has 2 heterocycles. The lowest BCUT2D eigenvalue weighted by Gasteiger charge is -2.11. The number of benzene rings is 2. The Hall–Kier alpha value is -3.14. The highest BCUT2D eigenvalue weighted by atomic mass is 16.5. The van der Waals surface area contributed by atoms with Crippen LogP contribution in [0.2, 0.25) is 0 Å². The van der Waals surface area contributed by atoms with E-state index in [1.807, 2.05) is 32.0 Å². The predicted molar refractivity (Wildman–Crippen MR) is 113 cm³/mol. The second-order valence-electron chi connectivity index (χ2n) is 7.08. The molecule has 4 rings (SSSR count). The van der Waals surface area contributed by atoms with Crippen LogP contribution in [0.1, 0.15) is 35.3 Å². The molecule has 0 aliphatic rings. The molecule has 142 valence electrons. The van der Waals surface area contributed by atoms with Crippen LogP contribution >= 0.6 is 0 Å². The molecule has 2 aromatic carbocycles. The molecule has 4 heteroatoms. The molecule has 28 heavy (non-hydrogen) atoms. The average Bonchev–Trinajstić information content (AvgIpc) is 2.97. The van der Waals surface area contributed by atoms with Crippen LogP contribution in [0.25, 0.3) is 16.5 Å². The van der Waals surface area contributed by atoms with Gasteiger partial charge in [-0.3, -0.25) is 0 Å². The molecule has 0 saturated carbocycles. The van der Waals surface area contributed by atoms with Gasteiger partial charge in [-0.1, -0.05) is 30.3 Å². The van der Waals surface area contributed by atoms with Crippen LogP contribution in [-0.2, 0) is 6.42 Å². The van der Waals surface area contributed by atoms with Gasteiger partial charge in [0.05, 0.1) is 18.0 Å². The maximum atomic E-state index is 5.59. The highest BCUT2D eigenvalue weighted by Gasteiger charge is 2.19. The highest BCUT2D eigenvalue weighted by Crippen LogP contribution is 2.33. The minimum absolute atomic E-state index is 0.671. The van der Waals surface area contributed by atoms with Gasteiger partial charge in [0.25, 0.3) is 0 Å². The van der Waals surface area contributed by atoms with Crippen LogP contribution in [0.4, 0.5) is 0 Å². The number of aryl methyl sites for hydroxylation is 3. The van der Waals surface area contributed by atoms with E-state index in [2.05, 4.69) is 65.0 Å². The number of hydrogen-bond donors (Lipinski definition) is 0. The number of fused-ring (bicyclic) bond motifs is 1. The van der Waals surface area contributed by atoms with Crippen molar-refractivity contribution in [1.82, 2.24) is 14.8 Å². The molecule has 0 saturated heterocycles. The first-order valence-electron chi connectivity index (χ1n) is 9.71. The third kappa shape index (κ3) is 3.15. The van der Waals surface area contributed by atoms with Crippen LogP contribution < -0.4 is 4.74 Å². The van der Waals surface area contributed by atoms with Crippen molar-refractivity contribution in [3.8, 4) is 11.4 Å². The first kappa shape index (κ1) is 18.2. The summed E-state index contributed by atoms with van der Waals surface area (Å²) < 4.78 is 7.89. The topological polar surface area (TPSA) is 39.9 Å². The molecule has 0 N–H and O–H groups in total. The molecule has 0 aliphatic carbocycles. The Kier molecular flexibility index (Phi) is 4.86. The van der Waals surface area contributed by atoms with E-state index >= 15 is 0 Å². The highest BCUT2D eigenvalue weighted by molar-refractivity contribution is 5.93. The predicted octanol–water partition coefficient (Wildman–Crippen LogP) is 5.34. The Balaban J connectivity index is 1.87. The molecule has 0 spiro atoms. The smallest absolute Gasteiger partial charge is 0.119 e. The lowest BCUT2D eigenvalue weighted by atomic mass is 10.0. The van der Waals surface area contributed by atoms with Crippen LogP contribution in [0.15, 0.2) is 54.6 Å². The van der Waals surface area contributed by atoms with Crippen molar-refractivity contribution in [2.45, 2.75) is 34.1 Å². The van der Waals surface area contributed by atoms with Crippen molar-refractivity contribution in [2.24, 2.45) is 0 Å². The summed E-state index contributed by atoms with van der Waals surface area (Å²) >= 11 is 0. The van der Waals surface area contributed by atoms with E-state index in [0.29, 0.717) is 6.61 Å². The maximum absolute atomic E-state index is 5.59. The summed E-state index contributed by atoms with van der Waals surface area (Å²) in [5.41, 5.74) is 6.75. The van der Waals surface area contributed by atoms with E-state index in [4.69, 9.17) is 4.74 Å². The second kappa shape index (κ2) is 7.47. The Morgan fingerprint density at radius 1 is 0.821 bits per heavy atom. The van der Waals surface area contributed by atoms with Crippen LogP contribution in [-0.4, -0.2) is 21.4 Å². The molecule has 0 bridgehead atoms. The van der Waals surface area contributed by atoms with Gasteiger partial charge in [0, 0.05) is 34.3 Å². The van der Waals surface area contributed by atoms with Gasteiger partial charge in [-0.25, -0.2) is 0 Å². The Morgan fingerprint density at radius 2 is 1.50 bits per heavy atom. The lowest BCUT2D eigenvalue weighted by Crippen LogP contribution is -2.00. The van der Waals surface area contributed by atoms with Gasteiger partial charge in [0.1, 0.15) is 5.75 Å². The monoisotopic (exact) mass is 371 g/mol. The number of rotatable bonds is 5. The van der Waals surface area contributed by atoms with E-state index in [9.17, 15) is 0 Å². The van der Waals surface area contributed by atoms with Crippen LogP contribution in [0.3, 0.4) is 0 Å². The third-order valence-electron chi connectivity index (χ3n) is 5.24. The summed E-state index contributed by atoms with van der Waals surface area (Å²) in [6.45, 7) is 9.03. The molecular formula is C24H25N3O. The minimum Gasteiger partial charge on any atom is -0.494 e. The second-order valence-corrected chi connectivity index (χ2v) is 7.08. The fourth-order valence-electron chi connectivity index (χ4n) is 4.03. The molecule has 0 atom stereocenters. The maximum Gasteiger partial charge on any atom is 0.119 e. The van der Waals surface area contributed by atoms with Crippen molar-refractivity contribution in [2.75, 3.05) is 6.61 Å². The SMILES string of the molecule is CCOc1ccc(-n2c(C)c3c(C)nnc(Cc4ccccc4)c3c2C)cc1. The van der Waals surface area contributed by atoms with Crippen molar-refractivity contribution in [3.05, 3.63) is 82.9 Å². The third-order valence-corrected chi connectivity index (χ3v) is 5.24. The van der Waals surface area contributed by atoms with Crippen molar-refractivity contribution in [3.63, 3.8) is 0 Å². The first-order chi connectivity index (χ1) is 13.6. The van der Waals surface area contributed by atoms with Gasteiger partial charge in [-0.05, 0) is 57.5 Å². The molecule has 0 radical (unpaired) electrons. The van der Waals surface area contributed by atoms with E-state index in [1.165, 1.54) is 27.7 Å². The fourth-order valence-corrected chi connectivity index (χ4v) is 4.03. The number of ether oxygens (including phenoxy) is 1. The molecule has 4 aromatic rings. The molecule has 0 amide bonds. The largest absolute Gasteiger partial charge is 0.494 e. The van der Waals surface area contributed by atoms with Gasteiger partial charge < -0.3 is 9.30 Å². The number of hydrogen-bond acceptors (Lipinski definition) is 3. The normalized spacial score (nSPS) is 11.1. The van der Waals surface area contributed by atoms with Crippen molar-refractivity contribution in [1.29, 1.82) is 0 Å². The van der Waals surface area contributed by atoms with E-state index < -0.39 is 0 Å². The molecule has 4 nitrogen and oxygen atoms in total. The van der Waals surface area contributed by atoms with Crippen molar-refractivity contribution >= 4 is 10.8 Å². The zero-order valence-corrected chi connectivity index (χ0v) is 16.9. The Bertz CT molecular complexity index is 1110. The minimum atomic E-state index is 0.671. The quantitative estimate of drug-likeness (QED) is 0.476. The molecular weight excluding hydrogens is 346 g/mol. The van der Waals surface area contributed by atoms with E-state index in [0.717, 1.165) is 29.2 Å². The molecule has 2 aromatic heterocycles. The van der Waals surface area contributed by atoms with Gasteiger partial charge in [0.15, 0.2) is 0 Å². The first-order valence-corrected chi connectivity index (χ1v) is 9.71. The Morgan fingerprint density at radius 3 is 2.18 bits per heavy atom. The van der Waals surface area contributed by atoms with Gasteiger partial charge in [-0.15, -0.1) is 0 Å². The summed E-state index contributed by atoms with van der Waals surface area (Å²) in [5.74, 6) is 0.891. The molecule has 0 unspecified atom stereocenters. The van der Waals surface area contributed by atoms with E-state index in [1.54, 1.807) is 0 Å². The fraction of sp³-hybridized carbons (Fsp3) is 0.250. The zero-order chi connectivity index (χ0) is 19.7. The lowest BCUT2D eigenvalue weighted by molar-refractivity contribution is 0.340. The van der Waals surface area contributed by atoms with Crippen LogP contribution in [0.5, 0.6) is 5.75 Å². The van der Waals surface area contributed by atoms with Crippen LogP contribution in [0, 0.1) is 20.8 Å². The van der Waals surface area contributed by atoms with Gasteiger partial charge in [0.2, 0.25) is 0 Å². The summed E-state index contributed by atoms with van der Waals surface area (Å²) in [7, 11) is 0.